The molecule has 0 atom stereocenters. The molecular formula is C22H25N3O5. The zero-order valence-corrected chi connectivity index (χ0v) is 17.5. The number of aryl methyl sites for hydroxylation is 2. The molecule has 0 saturated carbocycles. The van der Waals surface area contributed by atoms with Crippen LogP contribution in [0.1, 0.15) is 28.4 Å². The van der Waals surface area contributed by atoms with E-state index in [-0.39, 0.29) is 37.5 Å². The number of fused-ring (bicyclic) bond motifs is 1. The van der Waals surface area contributed by atoms with Crippen LogP contribution < -0.4 is 20.1 Å². The Morgan fingerprint density at radius 2 is 1.53 bits per heavy atom. The SMILES string of the molecule is CC(=O)c1cc2c(cc1NC(=O)CN(C)CC(=O)Nc1c(C)cccc1C)OCO2. The number of Topliss-reactive ketones (excluding diaryl/α,β-unsaturated/α-hetero) is 1. The van der Waals surface area contributed by atoms with E-state index in [4.69, 9.17) is 9.47 Å². The number of hydrogen-bond donors (Lipinski definition) is 2. The van der Waals surface area contributed by atoms with Gasteiger partial charge >= 0.3 is 0 Å². The Bertz CT molecular complexity index is 982. The predicted octanol–water partition coefficient (Wildman–Crippen LogP) is 2.74. The number of hydrogen-bond acceptors (Lipinski definition) is 6. The van der Waals surface area contributed by atoms with Crippen molar-refractivity contribution >= 4 is 29.0 Å². The van der Waals surface area contributed by atoms with Crippen molar-refractivity contribution in [3.8, 4) is 11.5 Å². The zero-order valence-electron chi connectivity index (χ0n) is 17.5. The van der Waals surface area contributed by atoms with Crippen LogP contribution in [0.25, 0.3) is 0 Å². The minimum absolute atomic E-state index is 0.0219. The molecule has 2 aromatic carbocycles. The number of para-hydroxylation sites is 1. The van der Waals surface area contributed by atoms with Crippen LogP contribution in [0.5, 0.6) is 11.5 Å². The molecule has 0 saturated heterocycles. The van der Waals surface area contributed by atoms with Gasteiger partial charge in [-0.3, -0.25) is 19.3 Å². The highest BCUT2D eigenvalue weighted by atomic mass is 16.7. The number of carbonyl (C=O) groups excluding carboxylic acids is 3. The molecule has 8 nitrogen and oxygen atoms in total. The van der Waals surface area contributed by atoms with Crippen molar-refractivity contribution in [1.29, 1.82) is 0 Å². The van der Waals surface area contributed by atoms with Crippen molar-refractivity contribution in [2.75, 3.05) is 37.6 Å². The first-order valence-corrected chi connectivity index (χ1v) is 9.53. The summed E-state index contributed by atoms with van der Waals surface area (Å²) >= 11 is 0. The van der Waals surface area contributed by atoms with Crippen LogP contribution in [-0.4, -0.2) is 49.4 Å². The van der Waals surface area contributed by atoms with Crippen LogP contribution in [0.3, 0.4) is 0 Å². The largest absolute Gasteiger partial charge is 0.454 e. The Morgan fingerprint density at radius 1 is 0.967 bits per heavy atom. The second-order valence-electron chi connectivity index (χ2n) is 7.34. The van der Waals surface area contributed by atoms with E-state index in [0.29, 0.717) is 22.7 Å². The molecule has 1 heterocycles. The number of rotatable bonds is 7. The highest BCUT2D eigenvalue weighted by Crippen LogP contribution is 2.37. The number of carbonyl (C=O) groups is 3. The third-order valence-electron chi connectivity index (χ3n) is 4.74. The minimum atomic E-state index is -0.348. The van der Waals surface area contributed by atoms with E-state index < -0.39 is 0 Å². The maximum absolute atomic E-state index is 12.5. The molecule has 0 aliphatic carbocycles. The van der Waals surface area contributed by atoms with Crippen molar-refractivity contribution < 1.29 is 23.9 Å². The summed E-state index contributed by atoms with van der Waals surface area (Å²) in [5, 5.41) is 5.62. The lowest BCUT2D eigenvalue weighted by Gasteiger charge is -2.18. The molecule has 30 heavy (non-hydrogen) atoms. The monoisotopic (exact) mass is 411 g/mol. The average molecular weight is 411 g/mol. The van der Waals surface area contributed by atoms with Gasteiger partial charge in [0.1, 0.15) is 0 Å². The van der Waals surface area contributed by atoms with Crippen molar-refractivity contribution in [3.05, 3.63) is 47.0 Å². The maximum Gasteiger partial charge on any atom is 0.238 e. The molecule has 0 fully saturated rings. The highest BCUT2D eigenvalue weighted by molar-refractivity contribution is 6.05. The number of benzene rings is 2. The van der Waals surface area contributed by atoms with Gasteiger partial charge in [0.05, 0.1) is 18.8 Å². The quantitative estimate of drug-likeness (QED) is 0.680. The molecule has 8 heteroatoms. The van der Waals surface area contributed by atoms with Crippen molar-refractivity contribution in [2.24, 2.45) is 0 Å². The molecule has 0 bridgehead atoms. The highest BCUT2D eigenvalue weighted by Gasteiger charge is 2.21. The number of likely N-dealkylation sites (N-methyl/N-ethyl adjacent to an activating group) is 1. The summed E-state index contributed by atoms with van der Waals surface area (Å²) in [6.45, 7) is 5.36. The molecule has 2 aromatic rings. The molecule has 2 N–H and O–H groups in total. The van der Waals surface area contributed by atoms with Crippen molar-refractivity contribution in [2.45, 2.75) is 20.8 Å². The van der Waals surface area contributed by atoms with E-state index in [1.54, 1.807) is 24.1 Å². The molecule has 1 aliphatic heterocycles. The Kier molecular flexibility index (Phi) is 6.37. The first kappa shape index (κ1) is 21.3. The number of nitrogens with one attached hydrogen (secondary N) is 2. The van der Waals surface area contributed by atoms with Crippen LogP contribution in [0.15, 0.2) is 30.3 Å². The van der Waals surface area contributed by atoms with Crippen LogP contribution in [0, 0.1) is 13.8 Å². The maximum atomic E-state index is 12.5. The van der Waals surface area contributed by atoms with Gasteiger partial charge in [0.25, 0.3) is 0 Å². The summed E-state index contributed by atoms with van der Waals surface area (Å²) in [5.41, 5.74) is 3.42. The smallest absolute Gasteiger partial charge is 0.238 e. The van der Waals surface area contributed by atoms with E-state index >= 15 is 0 Å². The van der Waals surface area contributed by atoms with Gasteiger partial charge in [-0.15, -0.1) is 0 Å². The first-order valence-electron chi connectivity index (χ1n) is 9.53. The van der Waals surface area contributed by atoms with Gasteiger partial charge in [-0.2, -0.15) is 0 Å². The van der Waals surface area contributed by atoms with Gasteiger partial charge in [0.2, 0.25) is 18.6 Å². The predicted molar refractivity (Wildman–Crippen MR) is 113 cm³/mol. The fraction of sp³-hybridized carbons (Fsp3) is 0.318. The lowest BCUT2D eigenvalue weighted by Crippen LogP contribution is -2.36. The molecule has 158 valence electrons. The third-order valence-corrected chi connectivity index (χ3v) is 4.74. The summed E-state index contributed by atoms with van der Waals surface area (Å²) in [6.07, 6.45) is 0. The third kappa shape index (κ3) is 4.96. The molecule has 0 spiro atoms. The number of nitrogens with zero attached hydrogens (tertiary/aromatic N) is 1. The average Bonchev–Trinajstić information content (AvgIpc) is 3.11. The molecule has 1 aliphatic rings. The molecule has 0 unspecified atom stereocenters. The molecule has 2 amide bonds. The summed E-state index contributed by atoms with van der Waals surface area (Å²) < 4.78 is 10.6. The van der Waals surface area contributed by atoms with Crippen LogP contribution >= 0.6 is 0 Å². The number of ketones is 1. The van der Waals surface area contributed by atoms with Crippen molar-refractivity contribution in [3.63, 3.8) is 0 Å². The van der Waals surface area contributed by atoms with Gasteiger partial charge in [0.15, 0.2) is 17.3 Å². The lowest BCUT2D eigenvalue weighted by molar-refractivity contribution is -0.119. The number of amides is 2. The van der Waals surface area contributed by atoms with Gasteiger partial charge < -0.3 is 20.1 Å². The molecule has 0 radical (unpaired) electrons. The van der Waals surface area contributed by atoms with E-state index in [0.717, 1.165) is 16.8 Å². The summed E-state index contributed by atoms with van der Waals surface area (Å²) in [5.74, 6) is 0.175. The Hall–Kier alpha value is -3.39. The Balaban J connectivity index is 1.60. The Morgan fingerprint density at radius 3 is 2.13 bits per heavy atom. The summed E-state index contributed by atoms with van der Waals surface area (Å²) in [6, 6.07) is 8.92. The molecular weight excluding hydrogens is 386 g/mol. The second-order valence-corrected chi connectivity index (χ2v) is 7.34. The summed E-state index contributed by atoms with van der Waals surface area (Å²) in [7, 11) is 1.68. The first-order chi connectivity index (χ1) is 14.2. The van der Waals surface area contributed by atoms with Crippen LogP contribution in [0.4, 0.5) is 11.4 Å². The molecule has 0 aromatic heterocycles. The van der Waals surface area contributed by atoms with E-state index in [2.05, 4.69) is 10.6 Å². The summed E-state index contributed by atoms with van der Waals surface area (Å²) in [4.78, 5) is 38.4. The van der Waals surface area contributed by atoms with Crippen LogP contribution in [0.2, 0.25) is 0 Å². The number of anilines is 2. The standard InChI is InChI=1S/C22H25N3O5/c1-13-6-5-7-14(2)22(13)24-21(28)11-25(4)10-20(27)23-17-9-19-18(29-12-30-19)8-16(17)15(3)26/h5-9H,10-12H2,1-4H3,(H,23,27)(H,24,28). The topological polar surface area (TPSA) is 97.0 Å². The second kappa shape index (κ2) is 8.96. The van der Waals surface area contributed by atoms with E-state index in [1.165, 1.54) is 6.92 Å². The van der Waals surface area contributed by atoms with E-state index in [1.807, 2.05) is 32.0 Å². The minimum Gasteiger partial charge on any atom is -0.454 e. The lowest BCUT2D eigenvalue weighted by atomic mass is 10.1. The Labute approximate surface area is 175 Å². The normalized spacial score (nSPS) is 12.0. The zero-order chi connectivity index (χ0) is 21.8. The molecule has 3 rings (SSSR count). The van der Waals surface area contributed by atoms with E-state index in [9.17, 15) is 14.4 Å². The van der Waals surface area contributed by atoms with Gasteiger partial charge in [-0.1, -0.05) is 18.2 Å². The van der Waals surface area contributed by atoms with Gasteiger partial charge in [-0.25, -0.2) is 0 Å². The van der Waals surface area contributed by atoms with Gasteiger partial charge in [0, 0.05) is 17.3 Å². The van der Waals surface area contributed by atoms with Crippen molar-refractivity contribution in [1.82, 2.24) is 4.90 Å². The fourth-order valence-electron chi connectivity index (χ4n) is 3.26. The van der Waals surface area contributed by atoms with Crippen LogP contribution in [-0.2, 0) is 9.59 Å². The number of ether oxygens (including phenoxy) is 2. The van der Waals surface area contributed by atoms with Gasteiger partial charge in [-0.05, 0) is 45.0 Å². The fourth-order valence-corrected chi connectivity index (χ4v) is 3.26.